The van der Waals surface area contributed by atoms with E-state index in [1.807, 2.05) is 84.9 Å². The van der Waals surface area contributed by atoms with Crippen molar-refractivity contribution >= 4 is 33.3 Å². The number of carbonyl (C=O) groups is 1. The summed E-state index contributed by atoms with van der Waals surface area (Å²) in [5.41, 5.74) is 6.75. The number of benzene rings is 4. The standard InChI is InChI=1S/C35H27N3O3/c1-23(39)34-33(37-32-14-8-6-12-30(32)35(34)26-10-3-2-4-11-26)22-27(24-16-19-29(20-17-24)38(40)41)21-28-18-15-25-9-5-7-13-31(25)36-28/h2-20,27H,21-22H2,1H3. The number of pyridine rings is 2. The van der Waals surface area contributed by atoms with Crippen LogP contribution in [0.25, 0.3) is 32.9 Å². The Hall–Kier alpha value is -5.23. The van der Waals surface area contributed by atoms with Crippen LogP contribution in [0.2, 0.25) is 0 Å². The van der Waals surface area contributed by atoms with Crippen LogP contribution in [0.5, 0.6) is 0 Å². The fourth-order valence-corrected chi connectivity index (χ4v) is 5.58. The molecule has 1 unspecified atom stereocenters. The number of para-hydroxylation sites is 2. The predicted octanol–water partition coefficient (Wildman–Crippen LogP) is 8.13. The molecule has 0 aliphatic heterocycles. The molecule has 2 heterocycles. The quantitative estimate of drug-likeness (QED) is 0.111. The lowest BCUT2D eigenvalue weighted by molar-refractivity contribution is -0.384. The van der Waals surface area contributed by atoms with Crippen molar-refractivity contribution in [2.75, 3.05) is 0 Å². The summed E-state index contributed by atoms with van der Waals surface area (Å²) in [6, 6.07) is 36.6. The molecule has 6 rings (SSSR count). The highest BCUT2D eigenvalue weighted by atomic mass is 16.6. The summed E-state index contributed by atoms with van der Waals surface area (Å²) in [6.45, 7) is 1.59. The first kappa shape index (κ1) is 26.0. The van der Waals surface area contributed by atoms with Crippen molar-refractivity contribution in [2.45, 2.75) is 25.7 Å². The van der Waals surface area contributed by atoms with Gasteiger partial charge < -0.3 is 0 Å². The molecule has 41 heavy (non-hydrogen) atoms. The number of nitrogens with zero attached hydrogens (tertiary/aromatic N) is 3. The lowest BCUT2D eigenvalue weighted by Crippen LogP contribution is -2.14. The maximum atomic E-state index is 13.3. The SMILES string of the molecule is CC(=O)c1c(CC(Cc2ccc3ccccc3n2)c2ccc([N+](=O)[O-])cc2)nc2ccccc2c1-c1ccccc1. The third kappa shape index (κ3) is 5.32. The second kappa shape index (κ2) is 11.1. The number of ketones is 1. The third-order valence-corrected chi connectivity index (χ3v) is 7.51. The van der Waals surface area contributed by atoms with Crippen molar-refractivity contribution in [3.8, 4) is 11.1 Å². The minimum Gasteiger partial charge on any atom is -0.294 e. The molecule has 0 aliphatic carbocycles. The minimum atomic E-state index is -0.394. The van der Waals surface area contributed by atoms with Crippen molar-refractivity contribution in [2.24, 2.45) is 0 Å². The molecule has 1 atom stereocenters. The van der Waals surface area contributed by atoms with Crippen molar-refractivity contribution in [1.82, 2.24) is 9.97 Å². The van der Waals surface area contributed by atoms with Crippen LogP contribution in [-0.4, -0.2) is 20.7 Å². The Morgan fingerprint density at radius 2 is 1.44 bits per heavy atom. The first-order chi connectivity index (χ1) is 20.0. The molecule has 0 amide bonds. The highest BCUT2D eigenvalue weighted by molar-refractivity contribution is 6.09. The number of aromatic nitrogens is 2. The van der Waals surface area contributed by atoms with Crippen molar-refractivity contribution in [3.05, 3.63) is 148 Å². The molecule has 0 fully saturated rings. The van der Waals surface area contributed by atoms with Crippen LogP contribution in [0, 0.1) is 10.1 Å². The molecule has 0 saturated carbocycles. The lowest BCUT2D eigenvalue weighted by Gasteiger charge is -2.21. The smallest absolute Gasteiger partial charge is 0.269 e. The number of hydrogen-bond acceptors (Lipinski definition) is 5. The number of nitro benzene ring substituents is 1. The van der Waals surface area contributed by atoms with E-state index in [1.165, 1.54) is 12.1 Å². The van der Waals surface area contributed by atoms with Gasteiger partial charge in [0.05, 0.1) is 21.7 Å². The van der Waals surface area contributed by atoms with E-state index in [9.17, 15) is 14.9 Å². The van der Waals surface area contributed by atoms with Crippen LogP contribution in [0.15, 0.2) is 115 Å². The Bertz CT molecular complexity index is 1900. The van der Waals surface area contributed by atoms with Crippen molar-refractivity contribution in [3.63, 3.8) is 0 Å². The number of nitro groups is 1. The Morgan fingerprint density at radius 3 is 2.17 bits per heavy atom. The van der Waals surface area contributed by atoms with Crippen LogP contribution >= 0.6 is 0 Å². The number of hydrogen-bond donors (Lipinski definition) is 0. The van der Waals surface area contributed by atoms with E-state index < -0.39 is 4.92 Å². The second-order valence-corrected chi connectivity index (χ2v) is 10.2. The molecular weight excluding hydrogens is 510 g/mol. The van der Waals surface area contributed by atoms with Crippen LogP contribution in [0.4, 0.5) is 5.69 Å². The number of non-ortho nitro benzene ring substituents is 1. The van der Waals surface area contributed by atoms with Crippen LogP contribution in [0.3, 0.4) is 0 Å². The van der Waals surface area contributed by atoms with Gasteiger partial charge in [-0.1, -0.05) is 84.9 Å². The molecule has 0 spiro atoms. The molecule has 200 valence electrons. The first-order valence-corrected chi connectivity index (χ1v) is 13.5. The second-order valence-electron chi connectivity index (χ2n) is 10.2. The van der Waals surface area contributed by atoms with Gasteiger partial charge in [0, 0.05) is 39.7 Å². The minimum absolute atomic E-state index is 0.0379. The zero-order chi connectivity index (χ0) is 28.3. The average molecular weight is 538 g/mol. The van der Waals surface area contributed by atoms with E-state index in [1.54, 1.807) is 19.1 Å². The zero-order valence-corrected chi connectivity index (χ0v) is 22.5. The highest BCUT2D eigenvalue weighted by Crippen LogP contribution is 2.36. The largest absolute Gasteiger partial charge is 0.294 e. The number of Topliss-reactive ketones (excluding diaryl/α,β-unsaturated/α-hetero) is 1. The maximum absolute atomic E-state index is 13.3. The summed E-state index contributed by atoms with van der Waals surface area (Å²) >= 11 is 0. The van der Waals surface area contributed by atoms with Gasteiger partial charge in [0.15, 0.2) is 5.78 Å². The van der Waals surface area contributed by atoms with E-state index in [4.69, 9.17) is 9.97 Å². The topological polar surface area (TPSA) is 86.0 Å². The van der Waals surface area contributed by atoms with E-state index in [0.29, 0.717) is 24.1 Å². The molecule has 6 nitrogen and oxygen atoms in total. The Balaban J connectivity index is 1.50. The van der Waals surface area contributed by atoms with Crippen LogP contribution in [-0.2, 0) is 12.8 Å². The summed E-state index contributed by atoms with van der Waals surface area (Å²) in [5, 5.41) is 13.3. The summed E-state index contributed by atoms with van der Waals surface area (Å²) < 4.78 is 0. The third-order valence-electron chi connectivity index (χ3n) is 7.51. The number of rotatable bonds is 8. The van der Waals surface area contributed by atoms with Gasteiger partial charge >= 0.3 is 0 Å². The van der Waals surface area contributed by atoms with Gasteiger partial charge in [0.2, 0.25) is 0 Å². The summed E-state index contributed by atoms with van der Waals surface area (Å²) in [6.07, 6.45) is 1.04. The molecule has 2 aromatic heterocycles. The van der Waals surface area contributed by atoms with Gasteiger partial charge in [-0.15, -0.1) is 0 Å². The fraction of sp³-hybridized carbons (Fsp3) is 0.114. The predicted molar refractivity (Wildman–Crippen MR) is 162 cm³/mol. The maximum Gasteiger partial charge on any atom is 0.269 e. The molecule has 4 aromatic carbocycles. The zero-order valence-electron chi connectivity index (χ0n) is 22.5. The Kier molecular flexibility index (Phi) is 7.04. The molecule has 6 heteroatoms. The van der Waals surface area contributed by atoms with Gasteiger partial charge in [-0.25, -0.2) is 0 Å². The molecule has 0 radical (unpaired) electrons. The molecule has 0 N–H and O–H groups in total. The molecular formula is C35H27N3O3. The van der Waals surface area contributed by atoms with E-state index in [-0.39, 0.29) is 17.4 Å². The van der Waals surface area contributed by atoms with Crippen molar-refractivity contribution < 1.29 is 9.72 Å². The lowest BCUT2D eigenvalue weighted by atomic mass is 9.85. The monoisotopic (exact) mass is 537 g/mol. The highest BCUT2D eigenvalue weighted by Gasteiger charge is 2.24. The Morgan fingerprint density at radius 1 is 0.756 bits per heavy atom. The van der Waals surface area contributed by atoms with Gasteiger partial charge in [-0.05, 0) is 55.0 Å². The van der Waals surface area contributed by atoms with E-state index >= 15 is 0 Å². The Labute approximate surface area is 237 Å². The molecule has 6 aromatic rings. The number of carbonyl (C=O) groups excluding carboxylic acids is 1. The average Bonchev–Trinajstić information content (AvgIpc) is 3.00. The fourth-order valence-electron chi connectivity index (χ4n) is 5.58. The van der Waals surface area contributed by atoms with Gasteiger partial charge in [-0.3, -0.25) is 24.9 Å². The molecule has 0 aliphatic rings. The van der Waals surface area contributed by atoms with Gasteiger partial charge in [0.25, 0.3) is 5.69 Å². The first-order valence-electron chi connectivity index (χ1n) is 13.5. The summed E-state index contributed by atoms with van der Waals surface area (Å²) in [5.74, 6) is -0.178. The van der Waals surface area contributed by atoms with Crippen LogP contribution in [0.1, 0.15) is 40.2 Å². The number of fused-ring (bicyclic) bond motifs is 2. The van der Waals surface area contributed by atoms with Gasteiger partial charge in [0.1, 0.15) is 0 Å². The molecule has 0 bridgehead atoms. The summed E-state index contributed by atoms with van der Waals surface area (Å²) in [4.78, 5) is 34.2. The summed E-state index contributed by atoms with van der Waals surface area (Å²) in [7, 11) is 0. The molecule has 0 saturated heterocycles. The van der Waals surface area contributed by atoms with Gasteiger partial charge in [-0.2, -0.15) is 0 Å². The van der Waals surface area contributed by atoms with E-state index in [2.05, 4.69) is 6.07 Å². The van der Waals surface area contributed by atoms with Crippen molar-refractivity contribution in [1.29, 1.82) is 0 Å². The normalized spacial score (nSPS) is 11.9. The van der Waals surface area contributed by atoms with Crippen LogP contribution < -0.4 is 0 Å². The van der Waals surface area contributed by atoms with E-state index in [0.717, 1.165) is 44.2 Å².